The summed E-state index contributed by atoms with van der Waals surface area (Å²) < 4.78 is 11.1. The molecule has 3 aromatic rings. The molecule has 0 atom stereocenters. The summed E-state index contributed by atoms with van der Waals surface area (Å²) in [6.07, 6.45) is 5.28. The Morgan fingerprint density at radius 2 is 2.06 bits per heavy atom. The van der Waals surface area contributed by atoms with Crippen molar-refractivity contribution in [2.24, 2.45) is 0 Å². The Kier molecular flexibility index (Phi) is 7.12. The van der Waals surface area contributed by atoms with Gasteiger partial charge in [0, 0.05) is 9.90 Å². The number of aryl methyl sites for hydroxylation is 1. The molecule has 0 saturated heterocycles. The van der Waals surface area contributed by atoms with Crippen molar-refractivity contribution in [2.45, 2.75) is 43.9 Å². The highest BCUT2D eigenvalue weighted by Gasteiger charge is 2.21. The Morgan fingerprint density at radius 1 is 1.26 bits per heavy atom. The number of hydrogen-bond donors (Lipinski definition) is 1. The van der Waals surface area contributed by atoms with Crippen LogP contribution in [0.1, 0.15) is 41.2 Å². The zero-order valence-corrected chi connectivity index (χ0v) is 18.9. The number of benzene rings is 1. The fourth-order valence-corrected chi connectivity index (χ4v) is 5.23. The van der Waals surface area contributed by atoms with Crippen LogP contribution in [0.3, 0.4) is 0 Å². The third-order valence-electron chi connectivity index (χ3n) is 4.74. The molecule has 0 aliphatic heterocycles. The van der Waals surface area contributed by atoms with E-state index in [1.807, 2.05) is 0 Å². The highest BCUT2D eigenvalue weighted by Crippen LogP contribution is 2.37. The summed E-state index contributed by atoms with van der Waals surface area (Å²) in [5, 5.41) is 21.9. The van der Waals surface area contributed by atoms with Gasteiger partial charge in [0.1, 0.15) is 16.8 Å². The Hall–Kier alpha value is -2.54. The summed E-state index contributed by atoms with van der Waals surface area (Å²) >= 11 is 8.51. The molecule has 2 heterocycles. The molecular weight excluding hydrogens is 456 g/mol. The quantitative estimate of drug-likeness (QED) is 0.369. The Morgan fingerprint density at radius 3 is 2.87 bits per heavy atom. The number of carbonyl (C=O) groups excluding carboxylic acids is 1. The maximum Gasteiger partial charge on any atom is 0.277 e. The van der Waals surface area contributed by atoms with Crippen molar-refractivity contribution in [2.75, 3.05) is 11.1 Å². The number of aromatic nitrogens is 2. The standard InChI is InChI=1S/C21H19ClN4O3S2/c22-13-6-8-14(9-7-13)28-11-19-25-26-21(29-19)30-12-18(27)24-20-16(10-23)15-4-2-1-3-5-17(15)31-20/h6-9H,1-5,11-12H2,(H,24,27). The number of nitriles is 1. The largest absolute Gasteiger partial charge is 0.484 e. The number of fused-ring (bicyclic) bond motifs is 1. The van der Waals surface area contributed by atoms with Crippen molar-refractivity contribution in [3.05, 3.63) is 51.2 Å². The van der Waals surface area contributed by atoms with E-state index in [0.29, 0.717) is 27.2 Å². The molecule has 1 amide bonds. The van der Waals surface area contributed by atoms with Gasteiger partial charge in [-0.25, -0.2) is 0 Å². The SMILES string of the molecule is N#Cc1c(NC(=O)CSc2nnc(COc3ccc(Cl)cc3)o2)sc2c1CCCCC2. The van der Waals surface area contributed by atoms with E-state index in [0.717, 1.165) is 43.0 Å². The maximum absolute atomic E-state index is 12.4. The van der Waals surface area contributed by atoms with E-state index >= 15 is 0 Å². The molecular formula is C21H19ClN4O3S2. The van der Waals surface area contributed by atoms with Gasteiger partial charge in [-0.05, 0) is 55.5 Å². The van der Waals surface area contributed by atoms with E-state index in [4.69, 9.17) is 20.8 Å². The summed E-state index contributed by atoms with van der Waals surface area (Å²) in [4.78, 5) is 13.6. The molecule has 1 aliphatic carbocycles. The fourth-order valence-electron chi connectivity index (χ4n) is 3.27. The lowest BCUT2D eigenvalue weighted by atomic mass is 10.1. The fraction of sp³-hybridized carbons (Fsp3) is 0.333. The molecule has 0 radical (unpaired) electrons. The number of rotatable bonds is 7. The van der Waals surface area contributed by atoms with Crippen LogP contribution in [-0.4, -0.2) is 21.9 Å². The second kappa shape index (κ2) is 10.2. The number of thioether (sulfide) groups is 1. The number of ether oxygens (including phenoxy) is 1. The minimum Gasteiger partial charge on any atom is -0.484 e. The third-order valence-corrected chi connectivity index (χ3v) is 7.01. The number of carbonyl (C=O) groups is 1. The van der Waals surface area contributed by atoms with Gasteiger partial charge >= 0.3 is 0 Å². The molecule has 1 aromatic carbocycles. The monoisotopic (exact) mass is 474 g/mol. The first-order valence-electron chi connectivity index (χ1n) is 9.80. The zero-order valence-electron chi connectivity index (χ0n) is 16.5. The molecule has 0 spiro atoms. The first-order chi connectivity index (χ1) is 15.1. The van der Waals surface area contributed by atoms with Crippen LogP contribution < -0.4 is 10.1 Å². The molecule has 1 aliphatic rings. The predicted octanol–water partition coefficient (Wildman–Crippen LogP) is 5.23. The van der Waals surface area contributed by atoms with Gasteiger partial charge in [-0.2, -0.15) is 5.26 Å². The molecule has 10 heteroatoms. The molecule has 31 heavy (non-hydrogen) atoms. The van der Waals surface area contributed by atoms with Gasteiger partial charge in [-0.3, -0.25) is 4.79 Å². The summed E-state index contributed by atoms with van der Waals surface area (Å²) in [5.41, 5.74) is 1.72. The van der Waals surface area contributed by atoms with E-state index < -0.39 is 0 Å². The van der Waals surface area contributed by atoms with E-state index in [9.17, 15) is 10.1 Å². The molecule has 2 aromatic heterocycles. The third kappa shape index (κ3) is 5.58. The number of nitrogens with one attached hydrogen (secondary N) is 1. The normalized spacial score (nSPS) is 13.2. The maximum atomic E-state index is 12.4. The number of thiophene rings is 1. The Balaban J connectivity index is 1.30. The van der Waals surface area contributed by atoms with Crippen LogP contribution in [0.2, 0.25) is 5.02 Å². The predicted molar refractivity (Wildman–Crippen MR) is 120 cm³/mol. The van der Waals surface area contributed by atoms with Gasteiger partial charge in [0.2, 0.25) is 5.91 Å². The molecule has 4 rings (SSSR count). The summed E-state index contributed by atoms with van der Waals surface area (Å²) in [6, 6.07) is 9.23. The lowest BCUT2D eigenvalue weighted by molar-refractivity contribution is -0.113. The van der Waals surface area contributed by atoms with Crippen LogP contribution in [0.5, 0.6) is 5.75 Å². The van der Waals surface area contributed by atoms with Crippen molar-refractivity contribution in [3.8, 4) is 11.8 Å². The zero-order chi connectivity index (χ0) is 21.6. The van der Waals surface area contributed by atoms with Gasteiger partial charge in [-0.1, -0.05) is 29.8 Å². The van der Waals surface area contributed by atoms with Crippen LogP contribution in [0.15, 0.2) is 33.9 Å². The van der Waals surface area contributed by atoms with Gasteiger partial charge in [0.05, 0.1) is 11.3 Å². The lowest BCUT2D eigenvalue weighted by Gasteiger charge is -2.03. The Bertz CT molecular complexity index is 1110. The van der Waals surface area contributed by atoms with Gasteiger partial charge in [0.25, 0.3) is 11.1 Å². The topological polar surface area (TPSA) is 101 Å². The average molecular weight is 475 g/mol. The number of anilines is 1. The van der Waals surface area contributed by atoms with Crippen molar-refractivity contribution >= 4 is 45.6 Å². The van der Waals surface area contributed by atoms with E-state index in [1.54, 1.807) is 24.3 Å². The molecule has 0 fully saturated rings. The number of hydrogen-bond acceptors (Lipinski definition) is 8. The number of nitrogens with zero attached hydrogens (tertiary/aromatic N) is 3. The van der Waals surface area contributed by atoms with E-state index in [1.165, 1.54) is 22.6 Å². The van der Waals surface area contributed by atoms with Crippen LogP contribution >= 0.6 is 34.7 Å². The minimum absolute atomic E-state index is 0.104. The molecule has 160 valence electrons. The van der Waals surface area contributed by atoms with Crippen LogP contribution in [-0.2, 0) is 24.2 Å². The first kappa shape index (κ1) is 21.7. The lowest BCUT2D eigenvalue weighted by Crippen LogP contribution is -2.14. The van der Waals surface area contributed by atoms with Crippen molar-refractivity contribution < 1.29 is 13.9 Å². The van der Waals surface area contributed by atoms with Gasteiger partial charge < -0.3 is 14.5 Å². The molecule has 7 nitrogen and oxygen atoms in total. The number of halogens is 1. The highest BCUT2D eigenvalue weighted by molar-refractivity contribution is 7.99. The van der Waals surface area contributed by atoms with Crippen LogP contribution in [0, 0.1) is 11.3 Å². The summed E-state index contributed by atoms with van der Waals surface area (Å²) in [7, 11) is 0. The van der Waals surface area contributed by atoms with E-state index in [2.05, 4.69) is 21.6 Å². The first-order valence-corrected chi connectivity index (χ1v) is 12.0. The van der Waals surface area contributed by atoms with Crippen molar-refractivity contribution in [3.63, 3.8) is 0 Å². The summed E-state index contributed by atoms with van der Waals surface area (Å²) in [6.45, 7) is 0.119. The minimum atomic E-state index is -0.213. The average Bonchev–Trinajstić information content (AvgIpc) is 3.28. The molecule has 0 bridgehead atoms. The Labute approximate surface area is 192 Å². The van der Waals surface area contributed by atoms with Gasteiger partial charge in [0.15, 0.2) is 6.61 Å². The smallest absolute Gasteiger partial charge is 0.277 e. The highest BCUT2D eigenvalue weighted by atomic mass is 35.5. The van der Waals surface area contributed by atoms with Crippen LogP contribution in [0.4, 0.5) is 5.00 Å². The summed E-state index contributed by atoms with van der Waals surface area (Å²) in [5.74, 6) is 0.841. The van der Waals surface area contributed by atoms with Gasteiger partial charge in [-0.15, -0.1) is 21.5 Å². The molecule has 0 unspecified atom stereocenters. The second-order valence-electron chi connectivity index (χ2n) is 6.92. The van der Waals surface area contributed by atoms with Crippen LogP contribution in [0.25, 0.3) is 0 Å². The number of amides is 1. The van der Waals surface area contributed by atoms with Crippen molar-refractivity contribution in [1.82, 2.24) is 10.2 Å². The second-order valence-corrected chi connectivity index (χ2v) is 9.39. The molecule has 0 saturated carbocycles. The van der Waals surface area contributed by atoms with E-state index in [-0.39, 0.29) is 23.5 Å². The van der Waals surface area contributed by atoms with Crippen molar-refractivity contribution in [1.29, 1.82) is 5.26 Å². The molecule has 1 N–H and O–H groups in total.